The maximum absolute atomic E-state index is 12.3. The minimum absolute atomic E-state index is 0.0962. The van der Waals surface area contributed by atoms with Gasteiger partial charge in [-0.05, 0) is 55.3 Å². The van der Waals surface area contributed by atoms with Gasteiger partial charge in [-0.2, -0.15) is 0 Å². The third-order valence-corrected chi connectivity index (χ3v) is 4.78. The van der Waals surface area contributed by atoms with Crippen molar-refractivity contribution in [2.45, 2.75) is 13.8 Å². The fraction of sp³-hybridized carbons (Fsp3) is 0.350. The zero-order valence-electron chi connectivity index (χ0n) is 15.1. The molecule has 138 valence electrons. The molecular formula is C20H24ClN3O2. The van der Waals surface area contributed by atoms with Crippen molar-refractivity contribution in [3.63, 3.8) is 0 Å². The average molecular weight is 374 g/mol. The normalized spacial score (nSPS) is 14.2. The van der Waals surface area contributed by atoms with Gasteiger partial charge in [0.15, 0.2) is 0 Å². The largest absolute Gasteiger partial charge is 0.378 e. The first kappa shape index (κ1) is 18.5. The number of ether oxygens (including phenoxy) is 1. The van der Waals surface area contributed by atoms with Gasteiger partial charge in [-0.1, -0.05) is 17.7 Å². The third-order valence-electron chi connectivity index (χ3n) is 4.54. The van der Waals surface area contributed by atoms with Crippen LogP contribution in [0.2, 0.25) is 5.02 Å². The molecule has 6 heteroatoms. The Morgan fingerprint density at radius 3 is 2.62 bits per heavy atom. The number of carbonyl (C=O) groups is 1. The summed E-state index contributed by atoms with van der Waals surface area (Å²) in [6, 6.07) is 11.6. The number of nitrogens with one attached hydrogen (secondary N) is 2. The van der Waals surface area contributed by atoms with E-state index in [0.717, 1.165) is 35.7 Å². The second kappa shape index (κ2) is 8.43. The first-order chi connectivity index (χ1) is 12.5. The molecule has 26 heavy (non-hydrogen) atoms. The summed E-state index contributed by atoms with van der Waals surface area (Å²) in [4.78, 5) is 14.6. The number of halogens is 1. The van der Waals surface area contributed by atoms with Crippen LogP contribution in [0.5, 0.6) is 0 Å². The summed E-state index contributed by atoms with van der Waals surface area (Å²) in [6.45, 7) is 7.31. The van der Waals surface area contributed by atoms with Gasteiger partial charge in [-0.25, -0.2) is 0 Å². The summed E-state index contributed by atoms with van der Waals surface area (Å²) in [7, 11) is 0. The molecule has 2 N–H and O–H groups in total. The Bertz CT molecular complexity index is 789. The molecule has 1 aliphatic rings. The standard InChI is InChI=1S/C20H24ClN3O2/c1-14-3-5-17(11-15(14)2)23-20(25)13-22-18-12-16(21)4-6-19(18)24-7-9-26-10-8-24/h3-6,11-12,22H,7-10,13H2,1-2H3,(H,23,25). The minimum Gasteiger partial charge on any atom is -0.378 e. The number of aryl methyl sites for hydroxylation is 2. The van der Waals surface area contributed by atoms with Crippen molar-refractivity contribution in [3.05, 3.63) is 52.5 Å². The second-order valence-corrected chi connectivity index (χ2v) is 6.90. The Kier molecular flexibility index (Phi) is 6.01. The zero-order valence-corrected chi connectivity index (χ0v) is 15.9. The van der Waals surface area contributed by atoms with E-state index in [-0.39, 0.29) is 12.5 Å². The fourth-order valence-electron chi connectivity index (χ4n) is 2.93. The van der Waals surface area contributed by atoms with Crippen LogP contribution in [-0.4, -0.2) is 38.8 Å². The van der Waals surface area contributed by atoms with Gasteiger partial charge in [0.25, 0.3) is 0 Å². The van der Waals surface area contributed by atoms with Crippen molar-refractivity contribution in [1.82, 2.24) is 0 Å². The Morgan fingerprint density at radius 1 is 1.12 bits per heavy atom. The van der Waals surface area contributed by atoms with Crippen molar-refractivity contribution in [1.29, 1.82) is 0 Å². The predicted octanol–water partition coefficient (Wildman–Crippen LogP) is 3.84. The third kappa shape index (κ3) is 4.68. The van der Waals surface area contributed by atoms with Gasteiger partial charge < -0.3 is 20.3 Å². The highest BCUT2D eigenvalue weighted by Crippen LogP contribution is 2.29. The van der Waals surface area contributed by atoms with Crippen molar-refractivity contribution < 1.29 is 9.53 Å². The summed E-state index contributed by atoms with van der Waals surface area (Å²) in [6.07, 6.45) is 0. The number of rotatable bonds is 5. The van der Waals surface area contributed by atoms with Crippen LogP contribution in [-0.2, 0) is 9.53 Å². The maximum Gasteiger partial charge on any atom is 0.243 e. The number of anilines is 3. The first-order valence-electron chi connectivity index (χ1n) is 8.76. The lowest BCUT2D eigenvalue weighted by molar-refractivity contribution is -0.114. The van der Waals surface area contributed by atoms with Crippen molar-refractivity contribution >= 4 is 34.6 Å². The van der Waals surface area contributed by atoms with Crippen LogP contribution >= 0.6 is 11.6 Å². The Morgan fingerprint density at radius 2 is 1.88 bits per heavy atom. The molecule has 0 aromatic heterocycles. The van der Waals surface area contributed by atoms with Crippen LogP contribution in [0.25, 0.3) is 0 Å². The molecule has 0 saturated carbocycles. The van der Waals surface area contributed by atoms with Crippen molar-refractivity contribution in [3.8, 4) is 0 Å². The van der Waals surface area contributed by atoms with Crippen LogP contribution in [0.1, 0.15) is 11.1 Å². The smallest absolute Gasteiger partial charge is 0.243 e. The topological polar surface area (TPSA) is 53.6 Å². The molecule has 3 rings (SSSR count). The molecule has 1 aliphatic heterocycles. The molecule has 0 radical (unpaired) electrons. The number of carbonyl (C=O) groups excluding carboxylic acids is 1. The first-order valence-corrected chi connectivity index (χ1v) is 9.14. The van der Waals surface area contributed by atoms with E-state index in [1.165, 1.54) is 5.56 Å². The van der Waals surface area contributed by atoms with E-state index in [2.05, 4.69) is 22.5 Å². The quantitative estimate of drug-likeness (QED) is 0.836. The molecule has 2 aromatic rings. The highest BCUT2D eigenvalue weighted by Gasteiger charge is 2.15. The van der Waals surface area contributed by atoms with E-state index in [1.807, 2.05) is 43.3 Å². The number of benzene rings is 2. The molecule has 1 amide bonds. The number of hydrogen-bond donors (Lipinski definition) is 2. The monoisotopic (exact) mass is 373 g/mol. The van der Waals surface area contributed by atoms with Crippen LogP contribution < -0.4 is 15.5 Å². The highest BCUT2D eigenvalue weighted by atomic mass is 35.5. The zero-order chi connectivity index (χ0) is 18.5. The van der Waals surface area contributed by atoms with E-state index in [9.17, 15) is 4.79 Å². The van der Waals surface area contributed by atoms with Crippen molar-refractivity contribution in [2.24, 2.45) is 0 Å². The van der Waals surface area contributed by atoms with Gasteiger partial charge in [-0.15, -0.1) is 0 Å². The summed E-state index contributed by atoms with van der Waals surface area (Å²) in [5.74, 6) is -0.0962. The van der Waals surface area contributed by atoms with Crippen LogP contribution in [0.3, 0.4) is 0 Å². The summed E-state index contributed by atoms with van der Waals surface area (Å²) in [5.41, 5.74) is 5.06. The van der Waals surface area contributed by atoms with E-state index in [4.69, 9.17) is 16.3 Å². The molecule has 0 atom stereocenters. The Balaban J connectivity index is 1.65. The lowest BCUT2D eigenvalue weighted by Gasteiger charge is -2.30. The molecule has 1 heterocycles. The fourth-order valence-corrected chi connectivity index (χ4v) is 3.10. The van der Waals surface area contributed by atoms with E-state index in [1.54, 1.807) is 0 Å². The average Bonchev–Trinajstić information content (AvgIpc) is 2.64. The maximum atomic E-state index is 12.3. The van der Waals surface area contributed by atoms with E-state index < -0.39 is 0 Å². The minimum atomic E-state index is -0.0962. The number of hydrogen-bond acceptors (Lipinski definition) is 4. The molecular weight excluding hydrogens is 350 g/mol. The van der Waals surface area contributed by atoms with Gasteiger partial charge in [0, 0.05) is 23.8 Å². The summed E-state index contributed by atoms with van der Waals surface area (Å²) in [5, 5.41) is 6.78. The number of amides is 1. The molecule has 0 spiro atoms. The van der Waals surface area contributed by atoms with Gasteiger partial charge in [0.1, 0.15) is 0 Å². The number of nitrogens with zero attached hydrogens (tertiary/aromatic N) is 1. The molecule has 1 fully saturated rings. The highest BCUT2D eigenvalue weighted by molar-refractivity contribution is 6.31. The lowest BCUT2D eigenvalue weighted by atomic mass is 10.1. The molecule has 0 unspecified atom stereocenters. The molecule has 0 bridgehead atoms. The van der Waals surface area contributed by atoms with E-state index in [0.29, 0.717) is 18.2 Å². The molecule has 2 aromatic carbocycles. The Labute approximate surface area is 159 Å². The van der Waals surface area contributed by atoms with Crippen molar-refractivity contribution in [2.75, 3.05) is 48.4 Å². The van der Waals surface area contributed by atoms with Gasteiger partial charge in [-0.3, -0.25) is 4.79 Å². The number of morpholine rings is 1. The SMILES string of the molecule is Cc1ccc(NC(=O)CNc2cc(Cl)ccc2N2CCOCC2)cc1C. The van der Waals surface area contributed by atoms with Gasteiger partial charge in [0.2, 0.25) is 5.91 Å². The second-order valence-electron chi connectivity index (χ2n) is 6.46. The molecule has 0 aliphatic carbocycles. The van der Waals surface area contributed by atoms with Gasteiger partial charge in [0.05, 0.1) is 31.1 Å². The van der Waals surface area contributed by atoms with Crippen LogP contribution in [0.15, 0.2) is 36.4 Å². The predicted molar refractivity (Wildman–Crippen MR) is 108 cm³/mol. The lowest BCUT2D eigenvalue weighted by Crippen LogP contribution is -2.36. The summed E-state index contributed by atoms with van der Waals surface area (Å²) < 4.78 is 5.42. The van der Waals surface area contributed by atoms with E-state index >= 15 is 0 Å². The summed E-state index contributed by atoms with van der Waals surface area (Å²) >= 11 is 6.15. The Hall–Kier alpha value is -2.24. The van der Waals surface area contributed by atoms with Gasteiger partial charge >= 0.3 is 0 Å². The van der Waals surface area contributed by atoms with Crippen LogP contribution in [0.4, 0.5) is 17.1 Å². The molecule has 1 saturated heterocycles. The molecule has 5 nitrogen and oxygen atoms in total. The van der Waals surface area contributed by atoms with Crippen LogP contribution in [0, 0.1) is 13.8 Å².